The number of piperazine rings is 2. The molecule has 0 spiro atoms. The fraction of sp³-hybridized carbons (Fsp3) is 0.605. The summed E-state index contributed by atoms with van der Waals surface area (Å²) in [4.78, 5) is 95.9. The Morgan fingerprint density at radius 1 is 0.597 bits per heavy atom. The molecule has 3 aromatic heterocycles. The molecular formula is C38H58N20O9. The summed E-state index contributed by atoms with van der Waals surface area (Å²) >= 11 is 0. The van der Waals surface area contributed by atoms with Crippen LogP contribution in [0.2, 0.25) is 0 Å². The van der Waals surface area contributed by atoms with Crippen molar-refractivity contribution in [1.82, 2.24) is 54.7 Å². The maximum Gasteiger partial charge on any atom is 0.248 e. The molecule has 13 N–H and O–H groups in total. The molecule has 5 rings (SSSR count). The summed E-state index contributed by atoms with van der Waals surface area (Å²) in [6, 6.07) is -3.96. The van der Waals surface area contributed by atoms with E-state index >= 15 is 0 Å². The molecule has 2 aliphatic heterocycles. The molecule has 364 valence electrons. The zero-order valence-corrected chi connectivity index (χ0v) is 36.9. The highest BCUT2D eigenvalue weighted by Gasteiger charge is 2.35. The lowest BCUT2D eigenvalue weighted by Crippen LogP contribution is -2.52. The first-order chi connectivity index (χ1) is 32.1. The molecule has 0 saturated carbocycles. The average Bonchev–Trinajstić information content (AvgIpc) is 4.00. The Hall–Kier alpha value is -7.13. The molecule has 0 aliphatic carbocycles. The van der Waals surface area contributed by atoms with Crippen molar-refractivity contribution in [2.45, 2.75) is 49.9 Å². The Labute approximate surface area is 384 Å². The van der Waals surface area contributed by atoms with Crippen LogP contribution >= 0.6 is 0 Å². The van der Waals surface area contributed by atoms with Gasteiger partial charge >= 0.3 is 0 Å². The first kappa shape index (κ1) is 50.9. The van der Waals surface area contributed by atoms with E-state index in [0.29, 0.717) is 77.7 Å². The highest BCUT2D eigenvalue weighted by atomic mass is 16.5. The van der Waals surface area contributed by atoms with Crippen LogP contribution in [-0.4, -0.2) is 189 Å². The Balaban J connectivity index is 1.26. The van der Waals surface area contributed by atoms with Gasteiger partial charge in [-0.25, -0.2) is 9.36 Å². The number of nitrogens with two attached hydrogens (primary N) is 6. The van der Waals surface area contributed by atoms with Crippen molar-refractivity contribution < 1.29 is 43.0 Å². The normalized spacial score (nSPS) is 15.9. The summed E-state index contributed by atoms with van der Waals surface area (Å²) in [5, 5.41) is 19.2. The summed E-state index contributed by atoms with van der Waals surface area (Å²) in [6.07, 6.45) is 6.83. The van der Waals surface area contributed by atoms with Crippen molar-refractivity contribution in [3.05, 3.63) is 23.8 Å². The number of carbonyl (C=O) groups is 6. The van der Waals surface area contributed by atoms with Crippen LogP contribution in [0, 0.1) is 12.3 Å². The van der Waals surface area contributed by atoms with Crippen LogP contribution < -0.4 is 49.5 Å². The minimum Gasteiger partial charge on any atom is -0.377 e. The molecule has 2 aliphatic rings. The number of primary amides is 4. The molecule has 29 nitrogen and oxygen atoms in total. The van der Waals surface area contributed by atoms with Crippen molar-refractivity contribution in [2.75, 3.05) is 114 Å². The van der Waals surface area contributed by atoms with E-state index in [1.54, 1.807) is 9.80 Å². The van der Waals surface area contributed by atoms with Gasteiger partial charge in [0.1, 0.15) is 18.7 Å². The summed E-state index contributed by atoms with van der Waals surface area (Å²) in [5.41, 5.74) is 34.1. The van der Waals surface area contributed by atoms with Crippen LogP contribution in [-0.2, 0) is 43.0 Å². The van der Waals surface area contributed by atoms with Crippen LogP contribution in [0.15, 0.2) is 12.4 Å². The van der Waals surface area contributed by atoms with E-state index in [2.05, 4.69) is 31.9 Å². The number of anilines is 3. The maximum atomic E-state index is 13.9. The van der Waals surface area contributed by atoms with Crippen LogP contribution in [0.5, 0.6) is 0 Å². The highest BCUT2D eigenvalue weighted by molar-refractivity contribution is 5.87. The van der Waals surface area contributed by atoms with E-state index < -0.39 is 59.6 Å². The second kappa shape index (κ2) is 25.0. The third-order valence-electron chi connectivity index (χ3n) is 10.5. The number of hydrogen-bond acceptors (Lipinski definition) is 21. The monoisotopic (exact) mass is 938 g/mol. The fourth-order valence-corrected chi connectivity index (χ4v) is 7.03. The lowest BCUT2D eigenvalue weighted by atomic mass is 10.1. The summed E-state index contributed by atoms with van der Waals surface area (Å²) in [5.74, 6) is -0.353. The van der Waals surface area contributed by atoms with E-state index in [9.17, 15) is 28.8 Å². The summed E-state index contributed by atoms with van der Waals surface area (Å²) < 4.78 is 18.8. The lowest BCUT2D eigenvalue weighted by molar-refractivity contribution is -0.138. The number of amides is 6. The molecule has 0 radical (unpaired) electrons. The Bertz CT molecular complexity index is 2070. The van der Waals surface area contributed by atoms with Crippen molar-refractivity contribution in [2.24, 2.45) is 34.4 Å². The molecule has 3 aromatic rings. The summed E-state index contributed by atoms with van der Waals surface area (Å²) in [7, 11) is 0. The van der Waals surface area contributed by atoms with Gasteiger partial charge in [-0.2, -0.15) is 15.0 Å². The van der Waals surface area contributed by atoms with Crippen molar-refractivity contribution >= 4 is 53.3 Å². The van der Waals surface area contributed by atoms with Crippen molar-refractivity contribution in [3.8, 4) is 12.3 Å². The smallest absolute Gasteiger partial charge is 0.248 e. The Kier molecular flexibility index (Phi) is 19.0. The van der Waals surface area contributed by atoms with Crippen molar-refractivity contribution in [3.63, 3.8) is 0 Å². The van der Waals surface area contributed by atoms with Gasteiger partial charge in [-0.3, -0.25) is 28.8 Å². The number of nitrogens with one attached hydrogen (secondary N) is 1. The quantitative estimate of drug-likeness (QED) is 0.0277. The van der Waals surface area contributed by atoms with E-state index in [4.69, 9.17) is 70.0 Å². The maximum absolute atomic E-state index is 13.9. The molecule has 0 unspecified atom stereocenters. The van der Waals surface area contributed by atoms with Crippen LogP contribution in [0.1, 0.15) is 61.2 Å². The van der Waals surface area contributed by atoms with Gasteiger partial charge in [-0.05, 0) is 0 Å². The molecule has 2 saturated heterocycles. The molecule has 67 heavy (non-hydrogen) atoms. The zero-order valence-electron chi connectivity index (χ0n) is 36.9. The largest absolute Gasteiger partial charge is 0.377 e. The highest BCUT2D eigenvalue weighted by Crippen LogP contribution is 2.24. The number of carbonyl (C=O) groups excluding carboxylic acids is 6. The second-order valence-corrected chi connectivity index (χ2v) is 15.5. The first-order valence-electron chi connectivity index (χ1n) is 21.3. The number of aromatic nitrogens is 9. The standard InChI is InChI=1S/C38H58N20O9/c1-2-12-65-14-16-67-17-15-66-13-3-45-36-46-37(55-8-4-53(5-9-55)34(63)28(20-32(43)61)57-22-26(49-51-57)24(39)18-30(41)59)48-38(47-36)56-10-6-54(7-11-56)35(64)29(21-33(44)62)58-23-27(50-52-58)25(40)19-31(42)60/h1,22-25,28-29H,3-21,39-40H2,(H2,41,59)(H2,42,60)(H2,43,61)(H2,44,62)(H,45,46,47,48)/t24-,25-,28-,29-/m0/s1. The SMILES string of the molecule is C#CCOCCOCCOCCNc1nc(N2CCN(C(=O)[C@H](CC(N)=O)n3cc([C@@H](N)CC(N)=O)nn3)CC2)nc(N2CCN(C(=O)[C@H](CC(N)=O)n3cc([C@@H](N)CC(N)=O)nn3)CC2)n1. The Morgan fingerprint density at radius 2 is 1.00 bits per heavy atom. The van der Waals surface area contributed by atoms with Gasteiger partial charge < -0.3 is 73.5 Å². The van der Waals surface area contributed by atoms with Gasteiger partial charge in [0.15, 0.2) is 0 Å². The second-order valence-electron chi connectivity index (χ2n) is 15.5. The van der Waals surface area contributed by atoms with Gasteiger partial charge in [0.25, 0.3) is 0 Å². The Morgan fingerprint density at radius 3 is 1.40 bits per heavy atom. The molecular weight excluding hydrogens is 881 g/mol. The van der Waals surface area contributed by atoms with Gasteiger partial charge in [0.05, 0.1) is 81.7 Å². The van der Waals surface area contributed by atoms with E-state index in [-0.39, 0.29) is 75.8 Å². The fourth-order valence-electron chi connectivity index (χ4n) is 7.03. The molecule has 6 amide bonds. The van der Waals surface area contributed by atoms with Crippen LogP contribution in [0.4, 0.5) is 17.8 Å². The van der Waals surface area contributed by atoms with Gasteiger partial charge in [-0.1, -0.05) is 16.3 Å². The summed E-state index contributed by atoms with van der Waals surface area (Å²) in [6.45, 7) is 4.29. The van der Waals surface area contributed by atoms with E-state index in [1.165, 1.54) is 21.8 Å². The van der Waals surface area contributed by atoms with Crippen molar-refractivity contribution in [1.29, 1.82) is 0 Å². The molecule has 2 fully saturated rings. The van der Waals surface area contributed by atoms with E-state index in [1.807, 2.05) is 9.80 Å². The van der Waals surface area contributed by atoms with Gasteiger partial charge in [0, 0.05) is 71.7 Å². The third kappa shape index (κ3) is 15.2. The minimum absolute atomic E-state index is 0.195. The lowest BCUT2D eigenvalue weighted by Gasteiger charge is -2.38. The molecule has 0 aromatic carbocycles. The van der Waals surface area contributed by atoms with Crippen LogP contribution in [0.3, 0.4) is 0 Å². The van der Waals surface area contributed by atoms with E-state index in [0.717, 1.165) is 0 Å². The third-order valence-corrected chi connectivity index (χ3v) is 10.5. The topological polar surface area (TPSA) is 411 Å². The molecule has 4 atom stereocenters. The predicted molar refractivity (Wildman–Crippen MR) is 234 cm³/mol. The predicted octanol–water partition coefficient (Wildman–Crippen LogP) is -5.57. The average molecular weight is 939 g/mol. The molecule has 5 heterocycles. The number of terminal acetylenes is 1. The minimum atomic E-state index is -1.12. The number of rotatable bonds is 27. The van der Waals surface area contributed by atoms with Gasteiger partial charge in [-0.15, -0.1) is 16.6 Å². The first-order valence-corrected chi connectivity index (χ1v) is 21.3. The van der Waals surface area contributed by atoms with Gasteiger partial charge in [0.2, 0.25) is 53.3 Å². The molecule has 29 heteroatoms. The number of hydrogen-bond donors (Lipinski definition) is 7. The van der Waals surface area contributed by atoms with Crippen LogP contribution in [0.25, 0.3) is 0 Å². The molecule has 0 bridgehead atoms. The number of nitrogens with zero attached hydrogens (tertiary/aromatic N) is 13. The number of ether oxygens (including phenoxy) is 3. The zero-order chi connectivity index (χ0) is 48.5.